The molecule has 20 heavy (non-hydrogen) atoms. The Morgan fingerprint density at radius 3 is 2.95 bits per heavy atom. The minimum Gasteiger partial charge on any atom is -0.317 e. The third-order valence-corrected chi connectivity index (χ3v) is 5.25. The van der Waals surface area contributed by atoms with Gasteiger partial charge in [-0.05, 0) is 66.7 Å². The molecule has 0 spiro atoms. The van der Waals surface area contributed by atoms with Gasteiger partial charge in [0, 0.05) is 20.0 Å². The number of benzene rings is 1. The van der Waals surface area contributed by atoms with Crippen LogP contribution in [0.1, 0.15) is 24.8 Å². The minimum atomic E-state index is 0.999. The quantitative estimate of drug-likeness (QED) is 0.483. The van der Waals surface area contributed by atoms with E-state index < -0.39 is 0 Å². The molecule has 1 heterocycles. The van der Waals surface area contributed by atoms with Gasteiger partial charge in [-0.3, -0.25) is 0 Å². The second kappa shape index (κ2) is 8.41. The fourth-order valence-electron chi connectivity index (χ4n) is 1.79. The Kier molecular flexibility index (Phi) is 6.86. The summed E-state index contributed by atoms with van der Waals surface area (Å²) < 4.78 is 2.28. The van der Waals surface area contributed by atoms with Gasteiger partial charge in [-0.1, -0.05) is 34.2 Å². The van der Waals surface area contributed by atoms with Crippen molar-refractivity contribution in [1.29, 1.82) is 0 Å². The number of rotatable bonds is 7. The van der Waals surface area contributed by atoms with Crippen molar-refractivity contribution in [2.75, 3.05) is 13.1 Å². The van der Waals surface area contributed by atoms with E-state index in [-0.39, 0.29) is 0 Å². The van der Waals surface area contributed by atoms with Gasteiger partial charge < -0.3 is 5.32 Å². The number of hydrogen-bond donors (Lipinski definition) is 1. The van der Waals surface area contributed by atoms with Crippen molar-refractivity contribution in [3.8, 4) is 10.6 Å². The first-order chi connectivity index (χ1) is 9.70. The maximum Gasteiger partial charge on any atom is 0.148 e. The Labute approximate surface area is 145 Å². The summed E-state index contributed by atoms with van der Waals surface area (Å²) >= 11 is 7.55. The van der Waals surface area contributed by atoms with Crippen molar-refractivity contribution >= 4 is 49.9 Å². The van der Waals surface area contributed by atoms with Crippen molar-refractivity contribution in [3.05, 3.63) is 31.2 Å². The monoisotopic (exact) mass is 465 g/mol. The molecule has 1 N–H and O–H groups in total. The molecule has 0 saturated heterocycles. The van der Waals surface area contributed by atoms with Crippen LogP contribution in [-0.4, -0.2) is 23.3 Å². The SMILES string of the molecule is CCCNCCCc1nnc(-c2cc(Br)ccc2I)s1. The molecule has 1 aromatic heterocycles. The van der Waals surface area contributed by atoms with Crippen LogP contribution in [0.4, 0.5) is 0 Å². The average Bonchev–Trinajstić information content (AvgIpc) is 2.90. The number of hydrogen-bond acceptors (Lipinski definition) is 4. The predicted octanol–water partition coefficient (Wildman–Crippen LogP) is 4.50. The topological polar surface area (TPSA) is 37.8 Å². The van der Waals surface area contributed by atoms with Crippen molar-refractivity contribution in [3.63, 3.8) is 0 Å². The highest BCUT2D eigenvalue weighted by molar-refractivity contribution is 14.1. The van der Waals surface area contributed by atoms with E-state index in [2.05, 4.69) is 73.1 Å². The predicted molar refractivity (Wildman–Crippen MR) is 97.2 cm³/mol. The van der Waals surface area contributed by atoms with Crippen LogP contribution in [0, 0.1) is 3.57 Å². The molecule has 0 atom stereocenters. The number of aromatic nitrogens is 2. The van der Waals surface area contributed by atoms with Gasteiger partial charge in [0.2, 0.25) is 0 Å². The van der Waals surface area contributed by atoms with Gasteiger partial charge in [-0.25, -0.2) is 0 Å². The van der Waals surface area contributed by atoms with Crippen LogP contribution >= 0.6 is 49.9 Å². The summed E-state index contributed by atoms with van der Waals surface area (Å²) in [4.78, 5) is 0. The third-order valence-electron chi connectivity index (χ3n) is 2.80. The lowest BCUT2D eigenvalue weighted by atomic mass is 10.2. The Morgan fingerprint density at radius 2 is 2.15 bits per heavy atom. The van der Waals surface area contributed by atoms with Gasteiger partial charge in [0.1, 0.15) is 10.0 Å². The third kappa shape index (κ3) is 4.75. The van der Waals surface area contributed by atoms with Gasteiger partial charge in [-0.2, -0.15) is 0 Å². The first-order valence-electron chi connectivity index (χ1n) is 6.69. The molecule has 1 aromatic carbocycles. The van der Waals surface area contributed by atoms with Gasteiger partial charge in [0.05, 0.1) is 0 Å². The lowest BCUT2D eigenvalue weighted by Gasteiger charge is -2.01. The van der Waals surface area contributed by atoms with Crippen molar-refractivity contribution < 1.29 is 0 Å². The zero-order chi connectivity index (χ0) is 14.4. The zero-order valence-electron chi connectivity index (χ0n) is 11.3. The molecule has 2 rings (SSSR count). The number of aryl methyl sites for hydroxylation is 1. The molecule has 0 amide bonds. The Morgan fingerprint density at radius 1 is 1.30 bits per heavy atom. The molecule has 0 saturated carbocycles. The van der Waals surface area contributed by atoms with E-state index in [9.17, 15) is 0 Å². The second-order valence-electron chi connectivity index (χ2n) is 4.48. The van der Waals surface area contributed by atoms with Crippen molar-refractivity contribution in [2.45, 2.75) is 26.2 Å². The molecule has 0 aliphatic carbocycles. The molecule has 0 unspecified atom stereocenters. The van der Waals surface area contributed by atoms with E-state index in [1.165, 1.54) is 9.99 Å². The molecule has 3 nitrogen and oxygen atoms in total. The maximum absolute atomic E-state index is 4.33. The van der Waals surface area contributed by atoms with Crippen LogP contribution < -0.4 is 5.32 Å². The molecule has 0 aliphatic rings. The lowest BCUT2D eigenvalue weighted by molar-refractivity contribution is 0.637. The van der Waals surface area contributed by atoms with Gasteiger partial charge in [0.15, 0.2) is 0 Å². The van der Waals surface area contributed by atoms with Gasteiger partial charge in [0.25, 0.3) is 0 Å². The molecule has 0 radical (unpaired) electrons. The Balaban J connectivity index is 1.96. The summed E-state index contributed by atoms with van der Waals surface area (Å²) in [6.07, 6.45) is 3.30. The van der Waals surface area contributed by atoms with Crippen LogP contribution in [0.2, 0.25) is 0 Å². The summed E-state index contributed by atoms with van der Waals surface area (Å²) in [5, 5.41) is 14.2. The van der Waals surface area contributed by atoms with Crippen molar-refractivity contribution in [1.82, 2.24) is 15.5 Å². The standard InChI is InChI=1S/C14H17BrIN3S/c1-2-7-17-8-3-4-13-18-19-14(20-13)11-9-10(15)5-6-12(11)16/h5-6,9,17H,2-4,7-8H2,1H3. The van der Waals surface area contributed by atoms with Gasteiger partial charge >= 0.3 is 0 Å². The highest BCUT2D eigenvalue weighted by Gasteiger charge is 2.10. The fraction of sp³-hybridized carbons (Fsp3) is 0.429. The first-order valence-corrected chi connectivity index (χ1v) is 9.38. The molecule has 0 fully saturated rings. The molecule has 6 heteroatoms. The molecular formula is C14H17BrIN3S. The fourth-order valence-corrected chi connectivity index (χ4v) is 3.84. The highest BCUT2D eigenvalue weighted by atomic mass is 127. The van der Waals surface area contributed by atoms with Crippen LogP contribution in [0.3, 0.4) is 0 Å². The second-order valence-corrected chi connectivity index (χ2v) is 7.62. The summed E-state index contributed by atoms with van der Waals surface area (Å²) in [5.41, 5.74) is 1.16. The Bertz CT molecular complexity index is 559. The minimum absolute atomic E-state index is 0.999. The van der Waals surface area contributed by atoms with E-state index in [1.54, 1.807) is 11.3 Å². The summed E-state index contributed by atoms with van der Waals surface area (Å²) in [7, 11) is 0. The smallest absolute Gasteiger partial charge is 0.148 e. The summed E-state index contributed by atoms with van der Waals surface area (Å²) in [6.45, 7) is 4.33. The van der Waals surface area contributed by atoms with E-state index in [0.717, 1.165) is 46.0 Å². The van der Waals surface area contributed by atoms with E-state index >= 15 is 0 Å². The first kappa shape index (κ1) is 16.3. The molecule has 2 aromatic rings. The van der Waals surface area contributed by atoms with Crippen molar-refractivity contribution in [2.24, 2.45) is 0 Å². The van der Waals surface area contributed by atoms with Crippen LogP contribution in [-0.2, 0) is 6.42 Å². The van der Waals surface area contributed by atoms with E-state index in [1.807, 2.05) is 6.07 Å². The molecular weight excluding hydrogens is 449 g/mol. The maximum atomic E-state index is 4.33. The van der Waals surface area contributed by atoms with Crippen LogP contribution in [0.25, 0.3) is 10.6 Å². The Hall–Kier alpha value is -0.0500. The van der Waals surface area contributed by atoms with E-state index in [4.69, 9.17) is 0 Å². The number of halogens is 2. The lowest BCUT2D eigenvalue weighted by Crippen LogP contribution is -2.16. The van der Waals surface area contributed by atoms with Gasteiger partial charge in [-0.15, -0.1) is 10.2 Å². The summed E-state index contributed by atoms with van der Waals surface area (Å²) in [5.74, 6) is 0. The van der Waals surface area contributed by atoms with E-state index in [0.29, 0.717) is 0 Å². The molecule has 108 valence electrons. The van der Waals surface area contributed by atoms with Crippen LogP contribution in [0.15, 0.2) is 22.7 Å². The largest absolute Gasteiger partial charge is 0.317 e. The molecule has 0 aliphatic heterocycles. The molecule has 0 bridgehead atoms. The average molecular weight is 466 g/mol. The number of nitrogens with zero attached hydrogens (tertiary/aromatic N) is 2. The highest BCUT2D eigenvalue weighted by Crippen LogP contribution is 2.30. The number of nitrogens with one attached hydrogen (secondary N) is 1. The normalized spacial score (nSPS) is 10.9. The summed E-state index contributed by atoms with van der Waals surface area (Å²) in [6, 6.07) is 6.25. The van der Waals surface area contributed by atoms with Crippen LogP contribution in [0.5, 0.6) is 0 Å². The zero-order valence-corrected chi connectivity index (χ0v) is 15.9.